The monoisotopic (exact) mass is 349 g/mol. The summed E-state index contributed by atoms with van der Waals surface area (Å²) < 4.78 is 44.9. The van der Waals surface area contributed by atoms with Gasteiger partial charge in [0, 0.05) is 11.6 Å². The predicted molar refractivity (Wildman–Crippen MR) is 81.1 cm³/mol. The van der Waals surface area contributed by atoms with Crippen molar-refractivity contribution in [2.45, 2.75) is 6.54 Å². The van der Waals surface area contributed by atoms with Crippen LogP contribution < -0.4 is 11.1 Å². The van der Waals surface area contributed by atoms with Gasteiger partial charge in [0.05, 0.1) is 5.69 Å². The summed E-state index contributed by atoms with van der Waals surface area (Å²) in [4.78, 5) is 23.6. The number of nitrogens with one attached hydrogen (secondary N) is 1. The lowest BCUT2D eigenvalue weighted by Gasteiger charge is -2.05. The third kappa shape index (κ3) is 3.77. The molecule has 1 N–H and O–H groups in total. The van der Waals surface area contributed by atoms with Gasteiger partial charge in [0.1, 0.15) is 24.0 Å². The first-order chi connectivity index (χ1) is 11.9. The Kier molecular flexibility index (Phi) is 4.38. The van der Waals surface area contributed by atoms with Crippen LogP contribution in [0.2, 0.25) is 0 Å². The van der Waals surface area contributed by atoms with Crippen LogP contribution in [0.15, 0.2) is 51.7 Å². The number of hydrogen-bond donors (Lipinski definition) is 1. The van der Waals surface area contributed by atoms with Crippen molar-refractivity contribution in [2.24, 2.45) is 0 Å². The van der Waals surface area contributed by atoms with E-state index in [9.17, 15) is 22.8 Å². The molecule has 0 saturated heterocycles. The summed E-state index contributed by atoms with van der Waals surface area (Å²) in [7, 11) is 0. The van der Waals surface area contributed by atoms with E-state index in [-0.39, 0.29) is 11.6 Å². The van der Waals surface area contributed by atoms with E-state index in [0.717, 1.165) is 16.8 Å². The fourth-order valence-electron chi connectivity index (χ4n) is 2.03. The number of amides is 1. The summed E-state index contributed by atoms with van der Waals surface area (Å²) >= 11 is 0. The Morgan fingerprint density at radius 2 is 1.76 bits per heavy atom. The van der Waals surface area contributed by atoms with Crippen molar-refractivity contribution in [3.63, 3.8) is 0 Å². The molecule has 0 spiro atoms. The fourth-order valence-corrected chi connectivity index (χ4v) is 2.03. The van der Waals surface area contributed by atoms with E-state index in [1.807, 2.05) is 0 Å². The van der Waals surface area contributed by atoms with Crippen molar-refractivity contribution in [1.29, 1.82) is 0 Å². The predicted octanol–water partition coefficient (Wildman–Crippen LogP) is 2.56. The maximum atomic E-state index is 13.5. The zero-order chi connectivity index (χ0) is 18.0. The van der Waals surface area contributed by atoms with Crippen LogP contribution >= 0.6 is 0 Å². The lowest BCUT2D eigenvalue weighted by molar-refractivity contribution is -0.117. The molecule has 3 aromatic rings. The summed E-state index contributed by atoms with van der Waals surface area (Å²) in [5.74, 6) is -3.96. The van der Waals surface area contributed by atoms with Gasteiger partial charge < -0.3 is 9.73 Å². The summed E-state index contributed by atoms with van der Waals surface area (Å²) in [6.07, 6.45) is 0. The van der Waals surface area contributed by atoms with Crippen LogP contribution in [0.5, 0.6) is 0 Å². The minimum Gasteiger partial charge on any atom is -0.388 e. The Morgan fingerprint density at radius 3 is 2.44 bits per heavy atom. The Bertz CT molecular complexity index is 980. The normalized spacial score (nSPS) is 10.7. The molecule has 0 saturated carbocycles. The molecule has 0 aliphatic carbocycles. The van der Waals surface area contributed by atoms with E-state index in [2.05, 4.69) is 10.4 Å². The van der Waals surface area contributed by atoms with Crippen LogP contribution in [0, 0.1) is 17.5 Å². The molecule has 0 bridgehead atoms. The summed E-state index contributed by atoms with van der Waals surface area (Å²) in [6, 6.07) is 7.70. The van der Waals surface area contributed by atoms with E-state index in [1.54, 1.807) is 0 Å². The third-order valence-electron chi connectivity index (χ3n) is 3.20. The van der Waals surface area contributed by atoms with Gasteiger partial charge in [0.25, 0.3) is 0 Å². The Hall–Kier alpha value is -3.36. The van der Waals surface area contributed by atoms with Gasteiger partial charge in [0.15, 0.2) is 0 Å². The molecule has 0 aliphatic heterocycles. The van der Waals surface area contributed by atoms with Gasteiger partial charge in [-0.3, -0.25) is 4.79 Å². The number of hydrogen-bond acceptors (Lipinski definition) is 4. The van der Waals surface area contributed by atoms with Gasteiger partial charge in [-0.1, -0.05) is 0 Å². The smallest absolute Gasteiger partial charge is 0.388 e. The lowest BCUT2D eigenvalue weighted by atomic mass is 10.2. The highest BCUT2D eigenvalue weighted by Gasteiger charge is 2.14. The number of aromatic nitrogens is 2. The average molecular weight is 349 g/mol. The molecule has 0 aliphatic rings. The highest BCUT2D eigenvalue weighted by atomic mass is 19.1. The van der Waals surface area contributed by atoms with E-state index in [1.165, 1.54) is 24.3 Å². The first-order valence-electron chi connectivity index (χ1n) is 7.01. The molecular formula is C16H10F3N3O3. The fraction of sp³-hybridized carbons (Fsp3) is 0.0625. The molecule has 25 heavy (non-hydrogen) atoms. The zero-order valence-electron chi connectivity index (χ0n) is 12.5. The van der Waals surface area contributed by atoms with Crippen LogP contribution in [0.3, 0.4) is 0 Å². The molecule has 1 amide bonds. The van der Waals surface area contributed by atoms with Gasteiger partial charge >= 0.3 is 5.76 Å². The van der Waals surface area contributed by atoms with Crippen LogP contribution in [0.25, 0.3) is 11.5 Å². The SMILES string of the molecule is O=C(Cn1nc(-c2ccc(F)cc2)oc1=O)Nc1ccc(F)cc1F. The molecule has 0 atom stereocenters. The van der Waals surface area contributed by atoms with E-state index >= 15 is 0 Å². The van der Waals surface area contributed by atoms with Crippen molar-refractivity contribution in [3.8, 4) is 11.5 Å². The maximum absolute atomic E-state index is 13.5. The molecule has 0 fully saturated rings. The average Bonchev–Trinajstić information content (AvgIpc) is 2.91. The summed E-state index contributed by atoms with van der Waals surface area (Å²) in [5, 5.41) is 6.03. The van der Waals surface area contributed by atoms with Crippen molar-refractivity contribution in [2.75, 3.05) is 5.32 Å². The highest BCUT2D eigenvalue weighted by molar-refractivity contribution is 5.90. The second-order valence-corrected chi connectivity index (χ2v) is 5.01. The number of rotatable bonds is 4. The Morgan fingerprint density at radius 1 is 1.08 bits per heavy atom. The highest BCUT2D eigenvalue weighted by Crippen LogP contribution is 2.16. The second-order valence-electron chi connectivity index (χ2n) is 5.01. The van der Waals surface area contributed by atoms with Crippen LogP contribution in [-0.4, -0.2) is 15.7 Å². The van der Waals surface area contributed by atoms with Gasteiger partial charge in [-0.05, 0) is 36.4 Å². The van der Waals surface area contributed by atoms with Crippen LogP contribution in [-0.2, 0) is 11.3 Å². The van der Waals surface area contributed by atoms with Crippen LogP contribution in [0.4, 0.5) is 18.9 Å². The second kappa shape index (κ2) is 6.63. The molecule has 1 aromatic heterocycles. The van der Waals surface area contributed by atoms with Crippen molar-refractivity contribution in [1.82, 2.24) is 9.78 Å². The third-order valence-corrected chi connectivity index (χ3v) is 3.20. The minimum absolute atomic E-state index is 0.0919. The molecule has 9 heteroatoms. The van der Waals surface area contributed by atoms with Gasteiger partial charge in [-0.25, -0.2) is 18.0 Å². The Labute approximate surface area is 138 Å². The quantitative estimate of drug-likeness (QED) is 0.785. The van der Waals surface area contributed by atoms with Gasteiger partial charge in [-0.15, -0.1) is 5.10 Å². The van der Waals surface area contributed by atoms with Crippen molar-refractivity contribution in [3.05, 3.63) is 70.5 Å². The standard InChI is InChI=1S/C16H10F3N3O3/c17-10-3-1-9(2-4-10)15-21-22(16(24)25-15)8-14(23)20-13-6-5-11(18)7-12(13)19/h1-7H,8H2,(H,20,23). The lowest BCUT2D eigenvalue weighted by Crippen LogP contribution is -2.26. The molecular weight excluding hydrogens is 339 g/mol. The molecule has 0 radical (unpaired) electrons. The number of carbonyl (C=O) groups excluding carboxylic acids is 1. The number of halogens is 3. The molecule has 0 unspecified atom stereocenters. The van der Waals surface area contributed by atoms with E-state index < -0.39 is 35.7 Å². The van der Waals surface area contributed by atoms with Crippen molar-refractivity contribution >= 4 is 11.6 Å². The van der Waals surface area contributed by atoms with E-state index in [4.69, 9.17) is 4.42 Å². The molecule has 3 rings (SSSR count). The zero-order valence-corrected chi connectivity index (χ0v) is 12.5. The molecule has 6 nitrogen and oxygen atoms in total. The first-order valence-corrected chi connectivity index (χ1v) is 7.01. The first kappa shape index (κ1) is 16.5. The topological polar surface area (TPSA) is 77.1 Å². The summed E-state index contributed by atoms with van der Waals surface area (Å²) in [6.45, 7) is -0.541. The molecule has 128 valence electrons. The number of anilines is 1. The number of benzene rings is 2. The Balaban J connectivity index is 1.75. The minimum atomic E-state index is -0.951. The number of nitrogens with zero attached hydrogens (tertiary/aromatic N) is 2. The largest absolute Gasteiger partial charge is 0.437 e. The van der Waals surface area contributed by atoms with E-state index in [0.29, 0.717) is 11.6 Å². The number of carbonyl (C=O) groups is 1. The molecule has 2 aromatic carbocycles. The maximum Gasteiger partial charge on any atom is 0.437 e. The van der Waals surface area contributed by atoms with Crippen LogP contribution in [0.1, 0.15) is 0 Å². The summed E-state index contributed by atoms with van der Waals surface area (Å²) in [5.41, 5.74) is 0.115. The van der Waals surface area contributed by atoms with Gasteiger partial charge in [0.2, 0.25) is 11.8 Å². The van der Waals surface area contributed by atoms with Gasteiger partial charge in [-0.2, -0.15) is 4.68 Å². The van der Waals surface area contributed by atoms with Crippen molar-refractivity contribution < 1.29 is 22.4 Å². The molecule has 1 heterocycles.